The van der Waals surface area contributed by atoms with Crippen LogP contribution in [-0.4, -0.2) is 35.7 Å². The van der Waals surface area contributed by atoms with Crippen LogP contribution in [0.3, 0.4) is 0 Å². The molecule has 0 spiro atoms. The summed E-state index contributed by atoms with van der Waals surface area (Å²) in [5.41, 5.74) is 2.33. The Morgan fingerprint density at radius 3 is 2.79 bits per heavy atom. The zero-order valence-corrected chi connectivity index (χ0v) is 17.0. The summed E-state index contributed by atoms with van der Waals surface area (Å²) in [5, 5.41) is 3.08. The number of nitrogens with one attached hydrogen (secondary N) is 1. The number of likely N-dealkylation sites (tertiary alicyclic amines) is 1. The molecule has 1 fully saturated rings. The van der Waals surface area contributed by atoms with E-state index in [4.69, 9.17) is 9.47 Å². The van der Waals surface area contributed by atoms with Crippen molar-refractivity contribution in [3.63, 3.8) is 0 Å². The van der Waals surface area contributed by atoms with Crippen LogP contribution in [0.15, 0.2) is 42.7 Å². The molecule has 0 radical (unpaired) electrons. The Bertz CT molecular complexity index is 827. The number of carbonyl (C=O) groups is 1. The van der Waals surface area contributed by atoms with Crippen LogP contribution in [0.1, 0.15) is 37.3 Å². The van der Waals surface area contributed by atoms with Gasteiger partial charge in [0.15, 0.2) is 11.5 Å². The number of hydrogen-bond acceptors (Lipinski definition) is 5. The lowest BCUT2D eigenvalue weighted by atomic mass is 9.81. The molecule has 0 bridgehead atoms. The Labute approximate surface area is 172 Å². The maximum atomic E-state index is 12.6. The van der Waals surface area contributed by atoms with Gasteiger partial charge in [-0.25, -0.2) is 0 Å². The van der Waals surface area contributed by atoms with Gasteiger partial charge in [0.05, 0.1) is 0 Å². The third-order valence-electron chi connectivity index (χ3n) is 6.03. The maximum absolute atomic E-state index is 12.6. The molecule has 4 rings (SSSR count). The number of benzene rings is 1. The predicted molar refractivity (Wildman–Crippen MR) is 110 cm³/mol. The third-order valence-corrected chi connectivity index (χ3v) is 6.03. The molecule has 2 atom stereocenters. The van der Waals surface area contributed by atoms with Crippen molar-refractivity contribution in [2.24, 2.45) is 11.8 Å². The lowest BCUT2D eigenvalue weighted by Gasteiger charge is -2.38. The van der Waals surface area contributed by atoms with Crippen molar-refractivity contribution < 1.29 is 14.3 Å². The van der Waals surface area contributed by atoms with Crippen molar-refractivity contribution in [3.05, 3.63) is 53.9 Å². The Morgan fingerprint density at radius 2 is 1.97 bits per heavy atom. The number of amides is 1. The van der Waals surface area contributed by atoms with Gasteiger partial charge in [0.1, 0.15) is 0 Å². The monoisotopic (exact) mass is 395 g/mol. The normalized spacial score (nSPS) is 21.1. The number of pyridine rings is 1. The summed E-state index contributed by atoms with van der Waals surface area (Å²) >= 11 is 0. The van der Waals surface area contributed by atoms with Crippen molar-refractivity contribution >= 4 is 5.91 Å². The van der Waals surface area contributed by atoms with E-state index in [1.807, 2.05) is 30.6 Å². The summed E-state index contributed by atoms with van der Waals surface area (Å²) in [5.74, 6) is 2.66. The fourth-order valence-electron chi connectivity index (χ4n) is 4.34. The topological polar surface area (TPSA) is 63.7 Å². The average molecular weight is 396 g/mol. The smallest absolute Gasteiger partial charge is 0.231 e. The first-order valence-corrected chi connectivity index (χ1v) is 10.5. The molecule has 6 heteroatoms. The summed E-state index contributed by atoms with van der Waals surface area (Å²) in [4.78, 5) is 19.2. The van der Waals surface area contributed by atoms with E-state index in [9.17, 15) is 4.79 Å². The molecule has 1 amide bonds. The van der Waals surface area contributed by atoms with Crippen LogP contribution in [-0.2, 0) is 17.9 Å². The van der Waals surface area contributed by atoms with E-state index in [0.717, 1.165) is 49.5 Å². The second kappa shape index (κ2) is 9.27. The fourth-order valence-corrected chi connectivity index (χ4v) is 4.34. The van der Waals surface area contributed by atoms with Crippen LogP contribution in [0.5, 0.6) is 11.5 Å². The van der Waals surface area contributed by atoms with Crippen molar-refractivity contribution in [2.75, 3.05) is 19.9 Å². The van der Waals surface area contributed by atoms with Gasteiger partial charge in [-0.3, -0.25) is 14.7 Å². The molecule has 2 aliphatic rings. The molecule has 3 heterocycles. The molecular weight excluding hydrogens is 366 g/mol. The minimum atomic E-state index is 0.133. The summed E-state index contributed by atoms with van der Waals surface area (Å²) < 4.78 is 10.7. The molecule has 1 aromatic carbocycles. The molecule has 0 saturated carbocycles. The predicted octanol–water partition coefficient (Wildman–Crippen LogP) is 3.36. The molecule has 0 aliphatic carbocycles. The van der Waals surface area contributed by atoms with Crippen LogP contribution in [0, 0.1) is 11.8 Å². The Kier molecular flexibility index (Phi) is 6.30. The minimum Gasteiger partial charge on any atom is -0.454 e. The van der Waals surface area contributed by atoms with Crippen molar-refractivity contribution in [1.29, 1.82) is 0 Å². The molecule has 6 nitrogen and oxygen atoms in total. The lowest BCUT2D eigenvalue weighted by molar-refractivity contribution is -0.123. The highest BCUT2D eigenvalue weighted by atomic mass is 16.7. The Hall–Kier alpha value is -2.60. The van der Waals surface area contributed by atoms with Gasteiger partial charge in [-0.2, -0.15) is 0 Å². The number of fused-ring (bicyclic) bond motifs is 1. The largest absolute Gasteiger partial charge is 0.454 e. The fraction of sp³-hybridized carbons (Fsp3) is 0.478. The van der Waals surface area contributed by atoms with Gasteiger partial charge in [0, 0.05) is 38.4 Å². The number of rotatable bonds is 7. The SMILES string of the molecule is CCC1CN(Cc2ccncc2)CCC1CC(=O)NCc1ccc2c(c1)OCO2. The highest BCUT2D eigenvalue weighted by Crippen LogP contribution is 2.33. The first-order chi connectivity index (χ1) is 14.2. The second-order valence-electron chi connectivity index (χ2n) is 7.98. The number of ether oxygens (including phenoxy) is 2. The number of nitrogens with zero attached hydrogens (tertiary/aromatic N) is 2. The molecular formula is C23H29N3O3. The van der Waals surface area contributed by atoms with Gasteiger partial charge in [-0.05, 0) is 60.2 Å². The van der Waals surface area contributed by atoms with Gasteiger partial charge in [0.2, 0.25) is 12.7 Å². The van der Waals surface area contributed by atoms with Gasteiger partial charge in [-0.15, -0.1) is 0 Å². The van der Waals surface area contributed by atoms with Crippen molar-refractivity contribution in [3.8, 4) is 11.5 Å². The van der Waals surface area contributed by atoms with E-state index in [1.54, 1.807) is 0 Å². The summed E-state index contributed by atoms with van der Waals surface area (Å²) in [6, 6.07) is 9.97. The van der Waals surface area contributed by atoms with Crippen molar-refractivity contribution in [1.82, 2.24) is 15.2 Å². The summed E-state index contributed by atoms with van der Waals surface area (Å²) in [7, 11) is 0. The first kappa shape index (κ1) is 19.7. The molecule has 2 aliphatic heterocycles. The van der Waals surface area contributed by atoms with Crippen LogP contribution < -0.4 is 14.8 Å². The highest BCUT2D eigenvalue weighted by molar-refractivity contribution is 5.76. The minimum absolute atomic E-state index is 0.133. The van der Waals surface area contributed by atoms with Crippen LogP contribution in [0.4, 0.5) is 0 Å². The average Bonchev–Trinajstić information content (AvgIpc) is 3.22. The first-order valence-electron chi connectivity index (χ1n) is 10.5. The Morgan fingerprint density at radius 1 is 1.14 bits per heavy atom. The van der Waals surface area contributed by atoms with E-state index in [2.05, 4.69) is 34.3 Å². The molecule has 2 unspecified atom stereocenters. The van der Waals surface area contributed by atoms with Crippen molar-refractivity contribution in [2.45, 2.75) is 39.3 Å². The number of hydrogen-bond donors (Lipinski definition) is 1. The standard InChI is InChI=1S/C23H29N3O3/c1-2-19-15-26(14-17-5-8-24-9-6-17)10-7-20(19)12-23(27)25-13-18-3-4-21-22(11-18)29-16-28-21/h3-6,8-9,11,19-20H,2,7,10,12-16H2,1H3,(H,25,27). The molecule has 29 heavy (non-hydrogen) atoms. The van der Waals surface area contributed by atoms with E-state index in [-0.39, 0.29) is 12.7 Å². The lowest BCUT2D eigenvalue weighted by Crippen LogP contribution is -2.41. The van der Waals surface area contributed by atoms with E-state index in [0.29, 0.717) is 24.8 Å². The molecule has 1 aromatic heterocycles. The van der Waals surface area contributed by atoms with Crippen LogP contribution >= 0.6 is 0 Å². The zero-order valence-electron chi connectivity index (χ0n) is 17.0. The van der Waals surface area contributed by atoms with E-state index < -0.39 is 0 Å². The molecule has 1 saturated heterocycles. The van der Waals surface area contributed by atoms with Gasteiger partial charge < -0.3 is 14.8 Å². The van der Waals surface area contributed by atoms with Crippen LogP contribution in [0.2, 0.25) is 0 Å². The number of aromatic nitrogens is 1. The molecule has 154 valence electrons. The second-order valence-corrected chi connectivity index (χ2v) is 7.98. The molecule has 2 aromatic rings. The Balaban J connectivity index is 1.25. The third kappa shape index (κ3) is 5.07. The van der Waals surface area contributed by atoms with Gasteiger partial charge in [-0.1, -0.05) is 19.4 Å². The van der Waals surface area contributed by atoms with Crippen LogP contribution in [0.25, 0.3) is 0 Å². The zero-order chi connectivity index (χ0) is 20.1. The molecule has 1 N–H and O–H groups in total. The maximum Gasteiger partial charge on any atom is 0.231 e. The van der Waals surface area contributed by atoms with E-state index >= 15 is 0 Å². The number of piperidine rings is 1. The summed E-state index contributed by atoms with van der Waals surface area (Å²) in [6.45, 7) is 6.08. The van der Waals surface area contributed by atoms with Gasteiger partial charge >= 0.3 is 0 Å². The van der Waals surface area contributed by atoms with E-state index in [1.165, 1.54) is 5.56 Å². The summed E-state index contributed by atoms with van der Waals surface area (Å²) in [6.07, 6.45) is 6.48. The highest BCUT2D eigenvalue weighted by Gasteiger charge is 2.29. The number of carbonyl (C=O) groups excluding carboxylic acids is 1. The van der Waals surface area contributed by atoms with Gasteiger partial charge in [0.25, 0.3) is 0 Å². The quantitative estimate of drug-likeness (QED) is 0.779.